The molecule has 0 aliphatic heterocycles. The Kier molecular flexibility index (Phi) is 2.22. The van der Waals surface area contributed by atoms with Crippen LogP contribution in [-0.2, 0) is 0 Å². The minimum absolute atomic E-state index is 0.515. The summed E-state index contributed by atoms with van der Waals surface area (Å²) in [5.41, 5.74) is 1.68. The maximum absolute atomic E-state index is 6.03. The Balaban J connectivity index is 2.03. The Bertz CT molecular complexity index is 1050. The van der Waals surface area contributed by atoms with Crippen LogP contribution < -0.4 is 0 Å². The molecule has 0 radical (unpaired) electrons. The number of aromatic nitrogens is 1. The van der Waals surface area contributed by atoms with Crippen molar-refractivity contribution < 1.29 is 8.83 Å². The standard InChI is InChI=1S/C19H11NO2/c1-3-8-14-12(6-1)13-7-2-4-9-15(13)18-17(14)20-19(22-18)16-10-5-11-21-16/h1-11H. The van der Waals surface area contributed by atoms with Crippen molar-refractivity contribution in [1.29, 1.82) is 0 Å². The normalized spacial score (nSPS) is 11.6. The van der Waals surface area contributed by atoms with Crippen molar-refractivity contribution in [1.82, 2.24) is 4.98 Å². The van der Waals surface area contributed by atoms with E-state index in [-0.39, 0.29) is 0 Å². The van der Waals surface area contributed by atoms with Gasteiger partial charge >= 0.3 is 0 Å². The van der Waals surface area contributed by atoms with E-state index in [1.807, 2.05) is 36.4 Å². The zero-order chi connectivity index (χ0) is 14.5. The van der Waals surface area contributed by atoms with E-state index in [2.05, 4.69) is 29.2 Å². The minimum Gasteiger partial charge on any atom is -0.459 e. The van der Waals surface area contributed by atoms with Gasteiger partial charge in [-0.3, -0.25) is 0 Å². The first-order chi connectivity index (χ1) is 10.9. The summed E-state index contributed by atoms with van der Waals surface area (Å²) in [6, 6.07) is 20.2. The number of nitrogens with zero attached hydrogens (tertiary/aromatic N) is 1. The summed E-state index contributed by atoms with van der Waals surface area (Å²) in [7, 11) is 0. The van der Waals surface area contributed by atoms with E-state index >= 15 is 0 Å². The molecule has 0 saturated heterocycles. The zero-order valence-corrected chi connectivity index (χ0v) is 11.6. The lowest BCUT2D eigenvalue weighted by molar-refractivity contribution is 0.536. The van der Waals surface area contributed by atoms with E-state index in [1.54, 1.807) is 6.26 Å². The molecule has 0 aliphatic rings. The fraction of sp³-hybridized carbons (Fsp3) is 0. The van der Waals surface area contributed by atoms with Crippen molar-refractivity contribution in [2.45, 2.75) is 0 Å². The molecule has 104 valence electrons. The van der Waals surface area contributed by atoms with Gasteiger partial charge in [-0.2, -0.15) is 0 Å². The van der Waals surface area contributed by atoms with Gasteiger partial charge in [-0.15, -0.1) is 0 Å². The smallest absolute Gasteiger partial charge is 0.263 e. The number of rotatable bonds is 1. The molecule has 0 saturated carbocycles. The quantitative estimate of drug-likeness (QED) is 0.387. The van der Waals surface area contributed by atoms with Crippen LogP contribution in [-0.4, -0.2) is 4.98 Å². The first-order valence-corrected chi connectivity index (χ1v) is 7.16. The summed E-state index contributed by atoms with van der Waals surface area (Å²) >= 11 is 0. The molecule has 3 heteroatoms. The Morgan fingerprint density at radius 1 is 0.682 bits per heavy atom. The molecule has 0 atom stereocenters. The average Bonchev–Trinajstić information content (AvgIpc) is 3.24. The predicted molar refractivity (Wildman–Crippen MR) is 86.7 cm³/mol. The summed E-state index contributed by atoms with van der Waals surface area (Å²) in [6.07, 6.45) is 1.63. The van der Waals surface area contributed by atoms with Gasteiger partial charge in [0.2, 0.25) is 0 Å². The van der Waals surface area contributed by atoms with Gasteiger partial charge in [-0.25, -0.2) is 4.98 Å². The molecule has 2 aromatic heterocycles. The summed E-state index contributed by atoms with van der Waals surface area (Å²) in [6.45, 7) is 0. The van der Waals surface area contributed by atoms with E-state index in [4.69, 9.17) is 8.83 Å². The fourth-order valence-corrected chi connectivity index (χ4v) is 3.03. The Hall–Kier alpha value is -3.07. The Morgan fingerprint density at radius 3 is 2.09 bits per heavy atom. The summed E-state index contributed by atoms with van der Waals surface area (Å²) < 4.78 is 11.4. The first kappa shape index (κ1) is 11.6. The molecule has 0 spiro atoms. The first-order valence-electron chi connectivity index (χ1n) is 7.16. The van der Waals surface area contributed by atoms with Crippen LogP contribution in [0.2, 0.25) is 0 Å². The van der Waals surface area contributed by atoms with Gasteiger partial charge in [-0.1, -0.05) is 48.5 Å². The van der Waals surface area contributed by atoms with Crippen molar-refractivity contribution in [2.75, 3.05) is 0 Å². The fourth-order valence-electron chi connectivity index (χ4n) is 3.03. The van der Waals surface area contributed by atoms with Gasteiger partial charge in [0.15, 0.2) is 11.3 Å². The highest BCUT2D eigenvalue weighted by atomic mass is 16.4. The molecule has 0 aliphatic carbocycles. The molecule has 5 aromatic rings. The number of hydrogen-bond donors (Lipinski definition) is 0. The van der Waals surface area contributed by atoms with Crippen molar-refractivity contribution >= 4 is 32.6 Å². The Labute approximate surface area is 125 Å². The van der Waals surface area contributed by atoms with Gasteiger partial charge in [0, 0.05) is 10.8 Å². The lowest BCUT2D eigenvalue weighted by Crippen LogP contribution is -1.80. The SMILES string of the molecule is c1coc(-c2nc3c4ccccc4c4ccccc4c3o2)c1. The molecule has 0 fully saturated rings. The molecule has 0 amide bonds. The largest absolute Gasteiger partial charge is 0.459 e. The number of furan rings is 1. The molecule has 3 nitrogen and oxygen atoms in total. The second-order valence-electron chi connectivity index (χ2n) is 5.27. The van der Waals surface area contributed by atoms with Gasteiger partial charge < -0.3 is 8.83 Å². The highest BCUT2D eigenvalue weighted by Gasteiger charge is 2.16. The van der Waals surface area contributed by atoms with Crippen LogP contribution in [0.3, 0.4) is 0 Å². The molecule has 22 heavy (non-hydrogen) atoms. The van der Waals surface area contributed by atoms with Crippen LogP contribution in [0.15, 0.2) is 75.8 Å². The van der Waals surface area contributed by atoms with Crippen LogP contribution >= 0.6 is 0 Å². The Morgan fingerprint density at radius 2 is 1.36 bits per heavy atom. The van der Waals surface area contributed by atoms with Crippen LogP contribution in [0.4, 0.5) is 0 Å². The lowest BCUT2D eigenvalue weighted by Gasteiger charge is -2.04. The number of fused-ring (bicyclic) bond motifs is 6. The molecule has 0 unspecified atom stereocenters. The van der Waals surface area contributed by atoms with Crippen molar-refractivity contribution in [3.63, 3.8) is 0 Å². The number of benzene rings is 3. The topological polar surface area (TPSA) is 39.2 Å². The second kappa shape index (κ2) is 4.21. The van der Waals surface area contributed by atoms with E-state index < -0.39 is 0 Å². The minimum atomic E-state index is 0.515. The zero-order valence-electron chi connectivity index (χ0n) is 11.6. The van der Waals surface area contributed by atoms with E-state index in [0.29, 0.717) is 11.7 Å². The average molecular weight is 285 g/mol. The number of oxazole rings is 1. The van der Waals surface area contributed by atoms with Crippen molar-refractivity contribution in [2.24, 2.45) is 0 Å². The predicted octanol–water partition coefficient (Wildman–Crippen LogP) is 5.39. The molecular formula is C19H11NO2. The number of hydrogen-bond acceptors (Lipinski definition) is 3. The third-order valence-electron chi connectivity index (χ3n) is 4.00. The maximum Gasteiger partial charge on any atom is 0.263 e. The second-order valence-corrected chi connectivity index (χ2v) is 5.27. The van der Waals surface area contributed by atoms with Crippen LogP contribution in [0.5, 0.6) is 0 Å². The van der Waals surface area contributed by atoms with E-state index in [0.717, 1.165) is 21.9 Å². The van der Waals surface area contributed by atoms with Gasteiger partial charge in [0.25, 0.3) is 5.89 Å². The molecular weight excluding hydrogens is 274 g/mol. The molecule has 3 aromatic carbocycles. The summed E-state index contributed by atoms with van der Waals surface area (Å²) in [5, 5.41) is 4.52. The molecule has 0 N–H and O–H groups in total. The maximum atomic E-state index is 6.03. The van der Waals surface area contributed by atoms with Crippen LogP contribution in [0.25, 0.3) is 44.3 Å². The van der Waals surface area contributed by atoms with Gasteiger partial charge in [0.1, 0.15) is 5.52 Å². The highest BCUT2D eigenvalue weighted by Crippen LogP contribution is 2.36. The highest BCUT2D eigenvalue weighted by molar-refractivity contribution is 6.22. The summed E-state index contributed by atoms with van der Waals surface area (Å²) in [4.78, 5) is 4.67. The third-order valence-corrected chi connectivity index (χ3v) is 4.00. The van der Waals surface area contributed by atoms with Crippen LogP contribution in [0.1, 0.15) is 0 Å². The van der Waals surface area contributed by atoms with Gasteiger partial charge in [0.05, 0.1) is 6.26 Å². The van der Waals surface area contributed by atoms with Crippen LogP contribution in [0, 0.1) is 0 Å². The van der Waals surface area contributed by atoms with Crippen molar-refractivity contribution in [3.8, 4) is 11.7 Å². The van der Waals surface area contributed by atoms with E-state index in [9.17, 15) is 0 Å². The summed E-state index contributed by atoms with van der Waals surface area (Å²) in [5.74, 6) is 1.16. The molecule has 5 rings (SSSR count). The lowest BCUT2D eigenvalue weighted by atomic mass is 10.0. The van der Waals surface area contributed by atoms with Crippen molar-refractivity contribution in [3.05, 3.63) is 66.9 Å². The van der Waals surface area contributed by atoms with Gasteiger partial charge in [-0.05, 0) is 22.9 Å². The molecule has 0 bridgehead atoms. The van der Waals surface area contributed by atoms with E-state index in [1.165, 1.54) is 10.8 Å². The molecule has 2 heterocycles. The monoisotopic (exact) mass is 285 g/mol. The third kappa shape index (κ3) is 1.48.